The van der Waals surface area contributed by atoms with Crippen molar-refractivity contribution in [3.05, 3.63) is 63.5 Å². The van der Waals surface area contributed by atoms with Gasteiger partial charge in [-0.15, -0.1) is 0 Å². The molecular formula is C33H36O6. The molecule has 6 rings (SSSR count). The molecule has 0 bridgehead atoms. The smallest absolute Gasteiger partial charge is 0.177 e. The van der Waals surface area contributed by atoms with E-state index in [4.69, 9.17) is 0 Å². The molecule has 0 heterocycles. The summed E-state index contributed by atoms with van der Waals surface area (Å²) in [4.78, 5) is 39.6. The maximum Gasteiger partial charge on any atom is 0.177 e. The Morgan fingerprint density at radius 2 is 1.74 bits per heavy atom. The van der Waals surface area contributed by atoms with E-state index in [0.29, 0.717) is 12.8 Å². The van der Waals surface area contributed by atoms with Crippen LogP contribution in [0.3, 0.4) is 0 Å². The summed E-state index contributed by atoms with van der Waals surface area (Å²) in [5.74, 6) is -1.56. The fourth-order valence-electron chi connectivity index (χ4n) is 7.92. The summed E-state index contributed by atoms with van der Waals surface area (Å²) in [7, 11) is 0. The van der Waals surface area contributed by atoms with Crippen molar-refractivity contribution in [2.24, 2.45) is 22.2 Å². The fraction of sp³-hybridized carbons (Fsp3) is 0.485. The standard InChI is InChI=1S/C33H36O6/c1-17(34)25-24(36)15-32(3)16-31(2)14-22-21(20-10-9-19(13-20)8-7-18-5-6-18)11-12-23(35)26(22)28(37)27(31)30(39)33(32,4)29(25)38/h9-12,18,35,37-38H,5-8,13-16H2,1-4H3/t31-,32+,33-/m1/s1. The van der Waals surface area contributed by atoms with Gasteiger partial charge in [-0.25, -0.2) is 0 Å². The first-order valence-corrected chi connectivity index (χ1v) is 14.0. The van der Waals surface area contributed by atoms with Crippen LogP contribution in [-0.2, 0) is 20.8 Å². The van der Waals surface area contributed by atoms with Crippen LogP contribution >= 0.6 is 0 Å². The molecule has 0 radical (unpaired) electrons. The van der Waals surface area contributed by atoms with Gasteiger partial charge in [-0.1, -0.05) is 50.5 Å². The largest absolute Gasteiger partial charge is 0.510 e. The van der Waals surface area contributed by atoms with Crippen molar-refractivity contribution in [3.8, 4) is 5.75 Å². The summed E-state index contributed by atoms with van der Waals surface area (Å²) in [6.07, 6.45) is 10.8. The Hall–Kier alpha value is -3.41. The Balaban J connectivity index is 1.46. The summed E-state index contributed by atoms with van der Waals surface area (Å²) >= 11 is 0. The van der Waals surface area contributed by atoms with E-state index in [0.717, 1.165) is 35.5 Å². The topological polar surface area (TPSA) is 112 Å². The molecular weight excluding hydrogens is 492 g/mol. The lowest BCUT2D eigenvalue weighted by Gasteiger charge is -2.57. The number of carbonyl (C=O) groups is 3. The average molecular weight is 529 g/mol. The van der Waals surface area contributed by atoms with Crippen LogP contribution in [0.25, 0.3) is 11.3 Å². The lowest BCUT2D eigenvalue weighted by Crippen LogP contribution is -2.59. The number of rotatable bonds is 5. The molecule has 0 amide bonds. The molecule has 3 atom stereocenters. The minimum Gasteiger partial charge on any atom is -0.510 e. The van der Waals surface area contributed by atoms with Crippen molar-refractivity contribution in [1.29, 1.82) is 0 Å². The molecule has 0 aliphatic heterocycles. The third-order valence-electron chi connectivity index (χ3n) is 10.3. The molecule has 0 spiro atoms. The molecule has 6 heteroatoms. The molecule has 3 N–H and O–H groups in total. The summed E-state index contributed by atoms with van der Waals surface area (Å²) in [5, 5.41) is 33.9. The van der Waals surface area contributed by atoms with Crippen LogP contribution in [0.15, 0.2) is 46.8 Å². The van der Waals surface area contributed by atoms with Gasteiger partial charge in [0.05, 0.1) is 16.6 Å². The SMILES string of the molecule is CC(=O)C1=C(O)[C@]2(C)C(=O)C3=C(O)c4c(O)ccc(C5=CC=C(CCC6CC6)C5)c4C[C@]3(C)C[C@]2(C)CC1=O. The number of hydrogen-bond donors (Lipinski definition) is 3. The maximum absolute atomic E-state index is 14.3. The number of allylic oxidation sites excluding steroid dienone is 7. The van der Waals surface area contributed by atoms with Crippen molar-refractivity contribution in [3.63, 3.8) is 0 Å². The van der Waals surface area contributed by atoms with Gasteiger partial charge in [-0.2, -0.15) is 0 Å². The maximum atomic E-state index is 14.3. The number of Topliss-reactive ketones (excluding diaryl/α,β-unsaturated/α-hetero) is 3. The zero-order chi connectivity index (χ0) is 28.1. The molecule has 2 fully saturated rings. The molecule has 0 unspecified atom stereocenters. The van der Waals surface area contributed by atoms with Gasteiger partial charge in [-0.05, 0) is 80.1 Å². The second kappa shape index (κ2) is 8.30. The van der Waals surface area contributed by atoms with E-state index in [9.17, 15) is 29.7 Å². The molecule has 5 aliphatic carbocycles. The van der Waals surface area contributed by atoms with Crippen molar-refractivity contribution in [1.82, 2.24) is 0 Å². The minimum absolute atomic E-state index is 0.0446. The molecule has 2 saturated carbocycles. The van der Waals surface area contributed by atoms with E-state index >= 15 is 0 Å². The van der Waals surface area contributed by atoms with Gasteiger partial charge in [0, 0.05) is 17.4 Å². The summed E-state index contributed by atoms with van der Waals surface area (Å²) in [5.41, 5.74) is 1.02. The summed E-state index contributed by atoms with van der Waals surface area (Å²) in [6, 6.07) is 3.47. The summed E-state index contributed by atoms with van der Waals surface area (Å²) < 4.78 is 0. The molecule has 6 nitrogen and oxygen atoms in total. The van der Waals surface area contributed by atoms with E-state index in [1.807, 2.05) is 19.9 Å². The van der Waals surface area contributed by atoms with Gasteiger partial charge in [0.2, 0.25) is 0 Å². The molecule has 204 valence electrons. The number of fused-ring (bicyclic) bond motifs is 3. The first-order valence-electron chi connectivity index (χ1n) is 14.0. The van der Waals surface area contributed by atoms with Gasteiger partial charge in [0.1, 0.15) is 17.3 Å². The predicted molar refractivity (Wildman–Crippen MR) is 148 cm³/mol. The van der Waals surface area contributed by atoms with Gasteiger partial charge in [0.25, 0.3) is 0 Å². The molecule has 1 aromatic rings. The van der Waals surface area contributed by atoms with Crippen molar-refractivity contribution in [2.75, 3.05) is 0 Å². The number of hydrogen-bond acceptors (Lipinski definition) is 6. The molecule has 39 heavy (non-hydrogen) atoms. The number of ketones is 3. The Kier molecular flexibility index (Phi) is 5.50. The predicted octanol–water partition coefficient (Wildman–Crippen LogP) is 6.49. The number of aromatic hydroxyl groups is 1. The second-order valence-corrected chi connectivity index (χ2v) is 13.2. The van der Waals surface area contributed by atoms with Crippen molar-refractivity contribution >= 4 is 28.7 Å². The number of aliphatic hydroxyl groups excluding tert-OH is 2. The second-order valence-electron chi connectivity index (χ2n) is 13.2. The summed E-state index contributed by atoms with van der Waals surface area (Å²) in [6.45, 7) is 6.53. The first kappa shape index (κ1) is 25.8. The van der Waals surface area contributed by atoms with Crippen LogP contribution < -0.4 is 0 Å². The normalized spacial score (nSPS) is 32.0. The van der Waals surface area contributed by atoms with E-state index in [1.54, 1.807) is 13.0 Å². The highest BCUT2D eigenvalue weighted by molar-refractivity contribution is 6.23. The monoisotopic (exact) mass is 528 g/mol. The number of phenolic OH excluding ortho intramolecular Hbond substituents is 1. The van der Waals surface area contributed by atoms with Crippen LogP contribution in [0.5, 0.6) is 5.75 Å². The van der Waals surface area contributed by atoms with E-state index in [1.165, 1.54) is 31.8 Å². The van der Waals surface area contributed by atoms with Gasteiger partial charge < -0.3 is 15.3 Å². The number of phenols is 1. The number of carbonyl (C=O) groups excluding carboxylic acids is 3. The van der Waals surface area contributed by atoms with Gasteiger partial charge in [-0.3, -0.25) is 14.4 Å². The van der Waals surface area contributed by atoms with E-state index in [2.05, 4.69) is 12.2 Å². The number of benzene rings is 1. The highest BCUT2D eigenvalue weighted by Crippen LogP contribution is 2.66. The van der Waals surface area contributed by atoms with Crippen LogP contribution in [0.2, 0.25) is 0 Å². The molecule has 0 aromatic heterocycles. The van der Waals surface area contributed by atoms with Gasteiger partial charge >= 0.3 is 0 Å². The quantitative estimate of drug-likeness (QED) is 0.377. The minimum atomic E-state index is -1.55. The zero-order valence-electron chi connectivity index (χ0n) is 23.1. The van der Waals surface area contributed by atoms with Crippen LogP contribution in [-0.4, -0.2) is 32.7 Å². The lowest BCUT2D eigenvalue weighted by molar-refractivity contribution is -0.144. The molecule has 5 aliphatic rings. The van der Waals surface area contributed by atoms with Gasteiger partial charge in [0.15, 0.2) is 17.3 Å². The Morgan fingerprint density at radius 1 is 1.03 bits per heavy atom. The third-order valence-corrected chi connectivity index (χ3v) is 10.3. The molecule has 1 aromatic carbocycles. The Bertz CT molecular complexity index is 1500. The Labute approximate surface area is 228 Å². The van der Waals surface area contributed by atoms with Crippen LogP contribution in [0.4, 0.5) is 0 Å². The molecule has 0 saturated heterocycles. The lowest BCUT2D eigenvalue weighted by atomic mass is 9.43. The first-order chi connectivity index (χ1) is 18.3. The Morgan fingerprint density at radius 3 is 2.41 bits per heavy atom. The van der Waals surface area contributed by atoms with E-state index < -0.39 is 39.4 Å². The van der Waals surface area contributed by atoms with E-state index in [-0.39, 0.29) is 34.6 Å². The highest BCUT2D eigenvalue weighted by atomic mass is 16.3. The van der Waals surface area contributed by atoms with Crippen molar-refractivity contribution < 1.29 is 29.7 Å². The van der Waals surface area contributed by atoms with Crippen LogP contribution in [0.1, 0.15) is 89.3 Å². The third kappa shape index (κ3) is 3.56. The average Bonchev–Trinajstić information content (AvgIpc) is 3.55. The fourth-order valence-corrected chi connectivity index (χ4v) is 7.92. The highest BCUT2D eigenvalue weighted by Gasteiger charge is 2.66. The number of aliphatic hydroxyl groups is 2. The van der Waals surface area contributed by atoms with Crippen LogP contribution in [0, 0.1) is 22.2 Å². The zero-order valence-corrected chi connectivity index (χ0v) is 23.1. The van der Waals surface area contributed by atoms with Crippen molar-refractivity contribution in [2.45, 2.75) is 79.1 Å².